The van der Waals surface area contributed by atoms with Crippen LogP contribution in [-0.2, 0) is 0 Å². The number of fused-ring (bicyclic) bond motifs is 1. The first kappa shape index (κ1) is 22.3. The molecule has 0 saturated heterocycles. The van der Waals surface area contributed by atoms with Crippen LogP contribution < -0.4 is 20.1 Å². The summed E-state index contributed by atoms with van der Waals surface area (Å²) in [5.74, 6) is 1.33. The molecule has 0 aliphatic rings. The number of benzene rings is 2. The normalized spacial score (nSPS) is 10.1. The molecule has 1 aromatic heterocycles. The van der Waals surface area contributed by atoms with E-state index >= 15 is 0 Å². The number of nitrogens with zero attached hydrogens (tertiary/aromatic N) is 1. The summed E-state index contributed by atoms with van der Waals surface area (Å²) in [5.41, 5.74) is 2.13. The molecule has 0 atom stereocenters. The molecular weight excluding hydrogens is 390 g/mol. The summed E-state index contributed by atoms with van der Waals surface area (Å²) >= 11 is 0. The number of pyridine rings is 1. The van der Waals surface area contributed by atoms with Gasteiger partial charge in [0, 0.05) is 35.5 Å². The van der Waals surface area contributed by atoms with Crippen molar-refractivity contribution in [2.45, 2.75) is 26.7 Å². The monoisotopic (exact) mass is 415 g/mol. The number of para-hydroxylation sites is 1. The van der Waals surface area contributed by atoms with Crippen LogP contribution in [0.15, 0.2) is 54.7 Å². The predicted molar refractivity (Wildman–Crippen MR) is 120 cm³/mol. The predicted octanol–water partition coefficient (Wildman–Crippen LogP) is 5.88. The average molecular weight is 416 g/mol. The van der Waals surface area contributed by atoms with Gasteiger partial charge in [-0.15, -0.1) is 12.4 Å². The van der Waals surface area contributed by atoms with Gasteiger partial charge in [-0.2, -0.15) is 0 Å². The summed E-state index contributed by atoms with van der Waals surface area (Å²) in [6.07, 6.45) is 3.48. The minimum Gasteiger partial charge on any atom is -0.493 e. The van der Waals surface area contributed by atoms with Crippen LogP contribution >= 0.6 is 12.4 Å². The smallest absolute Gasteiger partial charge is 0.323 e. The standard InChI is InChI=1S/C22H25N3O3.ClH/c1-3-11-27-17-13-16(14-18(15-17)28-12-4-2)24-22(26)25-21-9-10-23-20-8-6-5-7-19(20)21;/h5-10,13-15H,3-4,11-12H2,1-2H3,(H2,23,24,25,26);1H. The first-order valence-electron chi connectivity index (χ1n) is 9.52. The maximum Gasteiger partial charge on any atom is 0.323 e. The summed E-state index contributed by atoms with van der Waals surface area (Å²) in [5, 5.41) is 6.63. The third-order valence-corrected chi connectivity index (χ3v) is 3.98. The fourth-order valence-corrected chi connectivity index (χ4v) is 2.74. The Labute approximate surface area is 177 Å². The third-order valence-electron chi connectivity index (χ3n) is 3.98. The van der Waals surface area contributed by atoms with Gasteiger partial charge in [0.1, 0.15) is 11.5 Å². The van der Waals surface area contributed by atoms with E-state index in [2.05, 4.69) is 15.6 Å². The summed E-state index contributed by atoms with van der Waals surface area (Å²) in [7, 11) is 0. The molecule has 0 spiro atoms. The van der Waals surface area contributed by atoms with Crippen LogP contribution in [0.2, 0.25) is 0 Å². The van der Waals surface area contributed by atoms with E-state index in [1.165, 1.54) is 0 Å². The lowest BCUT2D eigenvalue weighted by Gasteiger charge is -2.13. The van der Waals surface area contributed by atoms with Crippen molar-refractivity contribution in [2.75, 3.05) is 23.8 Å². The van der Waals surface area contributed by atoms with E-state index in [1.54, 1.807) is 24.4 Å². The van der Waals surface area contributed by atoms with E-state index in [1.807, 2.05) is 44.2 Å². The lowest BCUT2D eigenvalue weighted by atomic mass is 10.2. The number of carbonyl (C=O) groups excluding carboxylic acids is 1. The van der Waals surface area contributed by atoms with E-state index in [-0.39, 0.29) is 18.4 Å². The van der Waals surface area contributed by atoms with Gasteiger partial charge in [-0.25, -0.2) is 4.79 Å². The molecule has 29 heavy (non-hydrogen) atoms. The Hall–Kier alpha value is -2.99. The molecule has 0 radical (unpaired) electrons. The van der Waals surface area contributed by atoms with Gasteiger partial charge in [0.05, 0.1) is 24.4 Å². The van der Waals surface area contributed by atoms with Crippen molar-refractivity contribution >= 4 is 40.7 Å². The summed E-state index contributed by atoms with van der Waals surface area (Å²) < 4.78 is 11.4. The number of aromatic nitrogens is 1. The van der Waals surface area contributed by atoms with Gasteiger partial charge >= 0.3 is 6.03 Å². The van der Waals surface area contributed by atoms with Crippen LogP contribution in [0.1, 0.15) is 26.7 Å². The number of hydrogen-bond donors (Lipinski definition) is 2. The zero-order chi connectivity index (χ0) is 19.8. The molecule has 2 aromatic carbocycles. The molecule has 0 saturated carbocycles. The highest BCUT2D eigenvalue weighted by Gasteiger charge is 2.09. The van der Waals surface area contributed by atoms with Crippen LogP contribution in [0.4, 0.5) is 16.2 Å². The van der Waals surface area contributed by atoms with Crippen molar-refractivity contribution in [3.8, 4) is 11.5 Å². The van der Waals surface area contributed by atoms with E-state index in [0.717, 1.165) is 23.7 Å². The molecular formula is C22H26ClN3O3. The number of carbonyl (C=O) groups is 1. The maximum atomic E-state index is 12.6. The number of amides is 2. The minimum atomic E-state index is -0.342. The molecule has 154 valence electrons. The SMILES string of the molecule is CCCOc1cc(NC(=O)Nc2ccnc3ccccc23)cc(OCCC)c1.Cl. The van der Waals surface area contributed by atoms with Gasteiger partial charge in [0.15, 0.2) is 0 Å². The van der Waals surface area contributed by atoms with Gasteiger partial charge in [-0.3, -0.25) is 4.98 Å². The number of rotatable bonds is 8. The zero-order valence-electron chi connectivity index (χ0n) is 16.6. The van der Waals surface area contributed by atoms with Gasteiger partial charge in [0.2, 0.25) is 0 Å². The van der Waals surface area contributed by atoms with Crippen LogP contribution in [0, 0.1) is 0 Å². The molecule has 2 N–H and O–H groups in total. The maximum absolute atomic E-state index is 12.6. The first-order chi connectivity index (χ1) is 13.7. The van der Waals surface area contributed by atoms with Crippen LogP contribution in [0.5, 0.6) is 11.5 Å². The topological polar surface area (TPSA) is 72.5 Å². The summed E-state index contributed by atoms with van der Waals surface area (Å²) in [6, 6.07) is 14.5. The summed E-state index contributed by atoms with van der Waals surface area (Å²) in [4.78, 5) is 16.9. The number of halogens is 1. The Morgan fingerprint density at radius 2 is 1.59 bits per heavy atom. The molecule has 0 bridgehead atoms. The van der Waals surface area contributed by atoms with Crippen molar-refractivity contribution in [3.05, 3.63) is 54.7 Å². The number of hydrogen-bond acceptors (Lipinski definition) is 4. The van der Waals surface area contributed by atoms with Crippen molar-refractivity contribution in [1.29, 1.82) is 0 Å². The second-order valence-corrected chi connectivity index (χ2v) is 6.34. The Kier molecular flexibility index (Phi) is 8.55. The molecule has 1 heterocycles. The fourth-order valence-electron chi connectivity index (χ4n) is 2.74. The lowest BCUT2D eigenvalue weighted by Crippen LogP contribution is -2.19. The minimum absolute atomic E-state index is 0. The Balaban J connectivity index is 0.00000300. The largest absolute Gasteiger partial charge is 0.493 e. The number of ether oxygens (including phenoxy) is 2. The molecule has 6 nitrogen and oxygen atoms in total. The van der Waals surface area contributed by atoms with Crippen LogP contribution in [-0.4, -0.2) is 24.2 Å². The zero-order valence-corrected chi connectivity index (χ0v) is 17.4. The van der Waals surface area contributed by atoms with Gasteiger partial charge in [-0.1, -0.05) is 32.0 Å². The van der Waals surface area contributed by atoms with Crippen LogP contribution in [0.25, 0.3) is 10.9 Å². The second kappa shape index (κ2) is 11.1. The molecule has 0 unspecified atom stereocenters. The lowest BCUT2D eigenvalue weighted by molar-refractivity contribution is 0.262. The first-order valence-corrected chi connectivity index (χ1v) is 9.52. The number of urea groups is 1. The molecule has 0 fully saturated rings. The van der Waals surface area contributed by atoms with Crippen molar-refractivity contribution in [2.24, 2.45) is 0 Å². The molecule has 3 aromatic rings. The molecule has 3 rings (SSSR count). The molecule has 0 aliphatic carbocycles. The van der Waals surface area contributed by atoms with Crippen molar-refractivity contribution in [3.63, 3.8) is 0 Å². The average Bonchev–Trinajstić information content (AvgIpc) is 2.71. The van der Waals surface area contributed by atoms with Gasteiger partial charge in [0.25, 0.3) is 0 Å². The van der Waals surface area contributed by atoms with E-state index in [9.17, 15) is 4.79 Å². The second-order valence-electron chi connectivity index (χ2n) is 6.34. The summed E-state index contributed by atoms with van der Waals surface area (Å²) in [6.45, 7) is 5.30. The van der Waals surface area contributed by atoms with E-state index in [0.29, 0.717) is 36.1 Å². The molecule has 7 heteroatoms. The number of nitrogens with one attached hydrogen (secondary N) is 2. The molecule has 0 aliphatic heterocycles. The highest BCUT2D eigenvalue weighted by molar-refractivity contribution is 6.05. The highest BCUT2D eigenvalue weighted by atomic mass is 35.5. The quantitative estimate of drug-likeness (QED) is 0.482. The fraction of sp³-hybridized carbons (Fsp3) is 0.273. The third kappa shape index (κ3) is 6.26. The van der Waals surface area contributed by atoms with Crippen molar-refractivity contribution in [1.82, 2.24) is 4.98 Å². The highest BCUT2D eigenvalue weighted by Crippen LogP contribution is 2.27. The molecule has 2 amide bonds. The van der Waals surface area contributed by atoms with E-state index in [4.69, 9.17) is 9.47 Å². The Morgan fingerprint density at radius 1 is 0.931 bits per heavy atom. The van der Waals surface area contributed by atoms with Gasteiger partial charge in [-0.05, 0) is 25.0 Å². The van der Waals surface area contributed by atoms with Crippen LogP contribution in [0.3, 0.4) is 0 Å². The number of anilines is 2. The van der Waals surface area contributed by atoms with E-state index < -0.39 is 0 Å². The Bertz CT molecular complexity index is 918. The van der Waals surface area contributed by atoms with Gasteiger partial charge < -0.3 is 20.1 Å². The Morgan fingerprint density at radius 3 is 2.24 bits per heavy atom. The van der Waals surface area contributed by atoms with Crippen molar-refractivity contribution < 1.29 is 14.3 Å².